The molecule has 0 rings (SSSR count). The molecule has 0 aromatic heterocycles. The van der Waals surface area contributed by atoms with Crippen LogP contribution in [0.15, 0.2) is 0 Å². The first kappa shape index (κ1) is 39.8. The van der Waals surface area contributed by atoms with Gasteiger partial charge >= 0.3 is 0 Å². The van der Waals surface area contributed by atoms with E-state index in [1.54, 1.807) is 0 Å². The molecule has 0 aliphatic heterocycles. The Bertz CT molecular complexity index is 380. The summed E-state index contributed by atoms with van der Waals surface area (Å²) in [7, 11) is 0. The van der Waals surface area contributed by atoms with Crippen LogP contribution in [0.5, 0.6) is 0 Å². The SMILES string of the molecule is SCCCC(CCCS)(CCCS)CSCCCCCCCSCC(CCCS)(CCCS)CCCS. The predicted molar refractivity (Wildman–Crippen MR) is 201 cm³/mol. The van der Waals surface area contributed by atoms with Crippen LogP contribution in [-0.4, -0.2) is 57.5 Å². The maximum atomic E-state index is 4.50. The first-order chi connectivity index (χ1) is 18.1. The standard InChI is InChI=1S/C29H60S8/c30-18-6-12-28(13-7-19-31,14-8-20-32)26-36-24-4-2-1-3-5-25-37-27-29(15-9-21-33,16-10-22-34)17-11-23-35/h30-35H,1-27H2. The monoisotopic (exact) mass is 664 g/mol. The Labute approximate surface area is 274 Å². The van der Waals surface area contributed by atoms with Crippen molar-refractivity contribution in [2.75, 3.05) is 57.5 Å². The molecular weight excluding hydrogens is 605 g/mol. The summed E-state index contributed by atoms with van der Waals surface area (Å²) in [6.07, 6.45) is 22.3. The van der Waals surface area contributed by atoms with E-state index in [1.165, 1.54) is 132 Å². The Hall–Kier alpha value is 2.80. The van der Waals surface area contributed by atoms with Crippen molar-refractivity contribution in [3.8, 4) is 0 Å². The summed E-state index contributed by atoms with van der Waals surface area (Å²) in [4.78, 5) is 0. The van der Waals surface area contributed by atoms with Crippen LogP contribution in [0, 0.1) is 10.8 Å². The van der Waals surface area contributed by atoms with Gasteiger partial charge in [-0.15, -0.1) is 0 Å². The van der Waals surface area contributed by atoms with E-state index in [4.69, 9.17) is 0 Å². The molecule has 0 aliphatic carbocycles. The van der Waals surface area contributed by atoms with Gasteiger partial charge in [-0.1, -0.05) is 19.3 Å². The molecule has 0 nitrogen and oxygen atoms in total. The second kappa shape index (κ2) is 28.9. The van der Waals surface area contributed by atoms with Crippen LogP contribution in [0.4, 0.5) is 0 Å². The average molecular weight is 665 g/mol. The van der Waals surface area contributed by atoms with Gasteiger partial charge in [0.2, 0.25) is 0 Å². The molecule has 0 bridgehead atoms. The number of thioether (sulfide) groups is 2. The van der Waals surface area contributed by atoms with Gasteiger partial charge in [0.25, 0.3) is 0 Å². The van der Waals surface area contributed by atoms with Gasteiger partial charge in [0.05, 0.1) is 0 Å². The molecule has 0 spiro atoms. The molecule has 0 aliphatic rings. The van der Waals surface area contributed by atoms with Crippen LogP contribution in [0.1, 0.15) is 109 Å². The zero-order chi connectivity index (χ0) is 27.5. The predicted octanol–water partition coefficient (Wildman–Crippen LogP) is 10.6. The number of hydrogen-bond acceptors (Lipinski definition) is 8. The Balaban J connectivity index is 4.22. The first-order valence-electron chi connectivity index (χ1n) is 14.9. The highest BCUT2D eigenvalue weighted by atomic mass is 32.2. The van der Waals surface area contributed by atoms with Crippen molar-refractivity contribution in [2.24, 2.45) is 10.8 Å². The van der Waals surface area contributed by atoms with Gasteiger partial charge in [-0.05, 0) is 158 Å². The molecule has 0 N–H and O–H groups in total. The number of unbranched alkanes of at least 4 members (excludes halogenated alkanes) is 4. The number of rotatable bonds is 30. The maximum Gasteiger partial charge on any atom is -0.00108 e. The van der Waals surface area contributed by atoms with Gasteiger partial charge in [0.15, 0.2) is 0 Å². The largest absolute Gasteiger partial charge is 0.179 e. The van der Waals surface area contributed by atoms with Crippen molar-refractivity contribution >= 4 is 99.3 Å². The zero-order valence-electron chi connectivity index (χ0n) is 23.6. The van der Waals surface area contributed by atoms with Crippen molar-refractivity contribution < 1.29 is 0 Å². The van der Waals surface area contributed by atoms with Gasteiger partial charge in [-0.25, -0.2) is 0 Å². The molecule has 0 radical (unpaired) electrons. The third-order valence-electron chi connectivity index (χ3n) is 7.59. The minimum absolute atomic E-state index is 0.484. The molecule has 0 heterocycles. The van der Waals surface area contributed by atoms with Crippen molar-refractivity contribution in [2.45, 2.75) is 109 Å². The lowest BCUT2D eigenvalue weighted by Gasteiger charge is -2.34. The molecule has 37 heavy (non-hydrogen) atoms. The first-order valence-corrected chi connectivity index (χ1v) is 21.0. The van der Waals surface area contributed by atoms with E-state index in [1.807, 2.05) is 0 Å². The summed E-state index contributed by atoms with van der Waals surface area (Å²) < 4.78 is 0. The van der Waals surface area contributed by atoms with E-state index in [2.05, 4.69) is 99.3 Å². The summed E-state index contributed by atoms with van der Waals surface area (Å²) in [6.45, 7) is 0. The molecule has 0 saturated carbocycles. The minimum atomic E-state index is 0.484. The smallest absolute Gasteiger partial charge is 0.00108 e. The Morgan fingerprint density at radius 1 is 0.324 bits per heavy atom. The molecule has 0 atom stereocenters. The summed E-state index contributed by atoms with van der Waals surface area (Å²) in [5.41, 5.74) is 0.968. The van der Waals surface area contributed by atoms with Crippen molar-refractivity contribution in [3.63, 3.8) is 0 Å². The maximum absolute atomic E-state index is 4.50. The van der Waals surface area contributed by atoms with Gasteiger partial charge in [-0.3, -0.25) is 0 Å². The highest BCUT2D eigenvalue weighted by molar-refractivity contribution is 7.99. The summed E-state index contributed by atoms with van der Waals surface area (Å²) in [6, 6.07) is 0. The fourth-order valence-electron chi connectivity index (χ4n) is 5.42. The lowest BCUT2D eigenvalue weighted by atomic mass is 9.77. The molecule has 224 valence electrons. The fourth-order valence-corrected chi connectivity index (χ4v) is 9.21. The number of hydrogen-bond donors (Lipinski definition) is 6. The van der Waals surface area contributed by atoms with Gasteiger partial charge in [-0.2, -0.15) is 99.3 Å². The summed E-state index contributed by atoms with van der Waals surface area (Å²) >= 11 is 31.4. The van der Waals surface area contributed by atoms with Gasteiger partial charge in [0, 0.05) is 0 Å². The van der Waals surface area contributed by atoms with Gasteiger partial charge < -0.3 is 0 Å². The second-order valence-corrected chi connectivity index (χ2v) is 15.7. The lowest BCUT2D eigenvalue weighted by molar-refractivity contribution is 0.252. The Morgan fingerprint density at radius 3 is 0.811 bits per heavy atom. The van der Waals surface area contributed by atoms with Crippen LogP contribution < -0.4 is 0 Å². The van der Waals surface area contributed by atoms with Crippen molar-refractivity contribution in [1.29, 1.82) is 0 Å². The topological polar surface area (TPSA) is 0 Å². The number of thiol groups is 6. The van der Waals surface area contributed by atoms with Crippen LogP contribution in [0.2, 0.25) is 0 Å². The third-order valence-corrected chi connectivity index (χ3v) is 12.3. The molecule has 0 saturated heterocycles. The third kappa shape index (κ3) is 22.1. The van der Waals surface area contributed by atoms with E-state index >= 15 is 0 Å². The minimum Gasteiger partial charge on any atom is -0.179 e. The van der Waals surface area contributed by atoms with Crippen LogP contribution in [0.25, 0.3) is 0 Å². The summed E-state index contributed by atoms with van der Waals surface area (Å²) in [5.74, 6) is 11.3. The van der Waals surface area contributed by atoms with E-state index < -0.39 is 0 Å². The van der Waals surface area contributed by atoms with Crippen LogP contribution >= 0.6 is 99.3 Å². The van der Waals surface area contributed by atoms with E-state index in [0.29, 0.717) is 10.8 Å². The average Bonchev–Trinajstić information content (AvgIpc) is 2.92. The second-order valence-electron chi connectivity index (χ2n) is 10.8. The van der Waals surface area contributed by atoms with Crippen LogP contribution in [-0.2, 0) is 0 Å². The molecule has 0 unspecified atom stereocenters. The lowest BCUT2D eigenvalue weighted by Crippen LogP contribution is -2.25. The Kier molecular flexibility index (Phi) is 31.1. The Morgan fingerprint density at radius 2 is 0.568 bits per heavy atom. The molecule has 8 heteroatoms. The normalized spacial score (nSPS) is 12.5. The van der Waals surface area contributed by atoms with Gasteiger partial charge in [0.1, 0.15) is 0 Å². The molecular formula is C29H60S8. The molecule has 0 aromatic rings. The molecule has 0 aromatic carbocycles. The highest BCUT2D eigenvalue weighted by Gasteiger charge is 2.29. The van der Waals surface area contributed by atoms with E-state index in [-0.39, 0.29) is 0 Å². The van der Waals surface area contributed by atoms with E-state index in [9.17, 15) is 0 Å². The quantitative estimate of drug-likeness (QED) is 0.0334. The van der Waals surface area contributed by atoms with Crippen molar-refractivity contribution in [3.05, 3.63) is 0 Å². The molecule has 0 amide bonds. The molecule has 0 fully saturated rings. The zero-order valence-corrected chi connectivity index (χ0v) is 30.6. The fraction of sp³-hybridized carbons (Fsp3) is 1.00. The highest BCUT2D eigenvalue weighted by Crippen LogP contribution is 2.40. The summed E-state index contributed by atoms with van der Waals surface area (Å²) in [5, 5.41) is 0. The van der Waals surface area contributed by atoms with Crippen molar-refractivity contribution in [1.82, 2.24) is 0 Å². The van der Waals surface area contributed by atoms with Crippen LogP contribution in [0.3, 0.4) is 0 Å². The van der Waals surface area contributed by atoms with E-state index in [0.717, 1.165) is 34.5 Å².